The van der Waals surface area contributed by atoms with Gasteiger partial charge in [-0.1, -0.05) is 6.92 Å². The Morgan fingerprint density at radius 3 is 1.95 bits per heavy atom. The smallest absolute Gasteiger partial charge is 0.256 e. The zero-order chi connectivity index (χ0) is 26.6. The van der Waals surface area contributed by atoms with Gasteiger partial charge < -0.3 is 24.4 Å². The first-order valence-electron chi connectivity index (χ1n) is 12.7. The van der Waals surface area contributed by atoms with Crippen LogP contribution in [0.2, 0.25) is 0 Å². The summed E-state index contributed by atoms with van der Waals surface area (Å²) in [6.07, 6.45) is 1.59. The molecule has 0 saturated carbocycles. The second-order valence-electron chi connectivity index (χ2n) is 9.52. The van der Waals surface area contributed by atoms with E-state index >= 15 is 0 Å². The molecule has 1 N–H and O–H groups in total. The van der Waals surface area contributed by atoms with Crippen molar-refractivity contribution < 1.29 is 28.6 Å². The third-order valence-corrected chi connectivity index (χ3v) is 7.29. The van der Waals surface area contributed by atoms with Crippen molar-refractivity contribution in [3.8, 4) is 11.5 Å². The zero-order valence-electron chi connectivity index (χ0n) is 21.9. The van der Waals surface area contributed by atoms with E-state index in [4.69, 9.17) is 14.2 Å². The zero-order valence-corrected chi connectivity index (χ0v) is 21.9. The average molecular weight is 510 g/mol. The first-order valence-corrected chi connectivity index (χ1v) is 12.7. The van der Waals surface area contributed by atoms with Gasteiger partial charge in [-0.25, -0.2) is 0 Å². The van der Waals surface area contributed by atoms with E-state index in [9.17, 15) is 14.4 Å². The van der Waals surface area contributed by atoms with Gasteiger partial charge in [0.25, 0.3) is 11.8 Å². The Hall–Kier alpha value is -3.59. The van der Waals surface area contributed by atoms with Gasteiger partial charge in [0.15, 0.2) is 0 Å². The molecule has 2 saturated heterocycles. The SMILES string of the molecule is CC[C@@H](C)NC(=O)[C@H]1COC2(CCN(C(=O)c3ccc(OC)cc3)CC2)N1C(=O)c1ccc(OC)cc1. The highest BCUT2D eigenvalue weighted by atomic mass is 16.5. The molecule has 3 amide bonds. The molecule has 0 aliphatic carbocycles. The number of hydrogen-bond acceptors (Lipinski definition) is 6. The van der Waals surface area contributed by atoms with Crippen molar-refractivity contribution in [3.63, 3.8) is 0 Å². The molecule has 0 aromatic heterocycles. The summed E-state index contributed by atoms with van der Waals surface area (Å²) in [6.45, 7) is 4.83. The third kappa shape index (κ3) is 5.41. The molecule has 0 bridgehead atoms. The maximum atomic E-state index is 13.8. The lowest BCUT2D eigenvalue weighted by molar-refractivity contribution is -0.128. The summed E-state index contributed by atoms with van der Waals surface area (Å²) >= 11 is 0. The quantitative estimate of drug-likeness (QED) is 0.616. The molecular weight excluding hydrogens is 474 g/mol. The van der Waals surface area contributed by atoms with Crippen molar-refractivity contribution in [2.75, 3.05) is 33.9 Å². The van der Waals surface area contributed by atoms with Gasteiger partial charge in [-0.15, -0.1) is 0 Å². The Labute approximate surface area is 217 Å². The minimum absolute atomic E-state index is 0.0223. The molecule has 2 heterocycles. The Morgan fingerprint density at radius 2 is 1.46 bits per heavy atom. The molecule has 37 heavy (non-hydrogen) atoms. The lowest BCUT2D eigenvalue weighted by Crippen LogP contribution is -2.60. The number of rotatable bonds is 7. The number of amides is 3. The predicted molar refractivity (Wildman–Crippen MR) is 138 cm³/mol. The van der Waals surface area contributed by atoms with Crippen molar-refractivity contribution in [2.45, 2.75) is 50.9 Å². The van der Waals surface area contributed by atoms with Gasteiger partial charge in [0.1, 0.15) is 23.3 Å². The molecule has 2 aromatic rings. The lowest BCUT2D eigenvalue weighted by atomic mass is 9.96. The molecule has 2 aliphatic heterocycles. The van der Waals surface area contributed by atoms with E-state index in [0.29, 0.717) is 48.6 Å². The second kappa shape index (κ2) is 11.2. The minimum atomic E-state index is -0.967. The van der Waals surface area contributed by atoms with Gasteiger partial charge in [-0.2, -0.15) is 0 Å². The van der Waals surface area contributed by atoms with Crippen molar-refractivity contribution in [3.05, 3.63) is 59.7 Å². The van der Waals surface area contributed by atoms with Crippen LogP contribution in [0.3, 0.4) is 0 Å². The summed E-state index contributed by atoms with van der Waals surface area (Å²) in [5.74, 6) is 0.724. The van der Waals surface area contributed by atoms with Crippen molar-refractivity contribution >= 4 is 17.7 Å². The Kier molecular flexibility index (Phi) is 8.02. The summed E-state index contributed by atoms with van der Waals surface area (Å²) in [6, 6.07) is 13.1. The number of carbonyl (C=O) groups is 3. The fourth-order valence-electron chi connectivity index (χ4n) is 4.86. The van der Waals surface area contributed by atoms with E-state index in [1.165, 1.54) is 0 Å². The lowest BCUT2D eigenvalue weighted by Gasteiger charge is -2.44. The van der Waals surface area contributed by atoms with Crippen LogP contribution in [-0.4, -0.2) is 79.2 Å². The molecule has 0 radical (unpaired) electrons. The van der Waals surface area contributed by atoms with E-state index in [2.05, 4.69) is 5.32 Å². The monoisotopic (exact) mass is 509 g/mol. The highest BCUT2D eigenvalue weighted by Gasteiger charge is 2.54. The van der Waals surface area contributed by atoms with Gasteiger partial charge in [-0.3, -0.25) is 19.3 Å². The van der Waals surface area contributed by atoms with Crippen molar-refractivity contribution in [1.82, 2.24) is 15.1 Å². The highest BCUT2D eigenvalue weighted by Crippen LogP contribution is 2.39. The van der Waals surface area contributed by atoms with Crippen LogP contribution >= 0.6 is 0 Å². The summed E-state index contributed by atoms with van der Waals surface area (Å²) in [5, 5.41) is 3.00. The van der Waals surface area contributed by atoms with Gasteiger partial charge in [-0.05, 0) is 61.9 Å². The van der Waals surface area contributed by atoms with Crippen LogP contribution in [0.5, 0.6) is 11.5 Å². The standard InChI is InChI=1S/C28H35N3O6/c1-5-19(2)29-25(32)24-18-37-28(31(24)27(34)21-8-12-23(36-4)13-9-21)14-16-30(17-15-28)26(33)20-6-10-22(35-3)11-7-20/h6-13,19,24H,5,14-18H2,1-4H3,(H,29,32)/t19-,24-/m1/s1. The minimum Gasteiger partial charge on any atom is -0.497 e. The normalized spacial score (nSPS) is 19.4. The number of piperidine rings is 1. The van der Waals surface area contributed by atoms with Crippen LogP contribution in [0, 0.1) is 0 Å². The number of carbonyl (C=O) groups excluding carboxylic acids is 3. The molecule has 9 nitrogen and oxygen atoms in total. The van der Waals surface area contributed by atoms with Crippen LogP contribution < -0.4 is 14.8 Å². The predicted octanol–water partition coefficient (Wildman–Crippen LogP) is 3.09. The summed E-state index contributed by atoms with van der Waals surface area (Å²) < 4.78 is 16.7. The third-order valence-electron chi connectivity index (χ3n) is 7.29. The molecule has 0 unspecified atom stereocenters. The molecule has 1 spiro atoms. The number of benzene rings is 2. The van der Waals surface area contributed by atoms with Gasteiger partial charge in [0, 0.05) is 43.1 Å². The van der Waals surface area contributed by atoms with E-state index in [-0.39, 0.29) is 30.4 Å². The van der Waals surface area contributed by atoms with Crippen LogP contribution in [-0.2, 0) is 9.53 Å². The molecule has 2 aromatic carbocycles. The van der Waals surface area contributed by atoms with Crippen LogP contribution in [0.1, 0.15) is 53.8 Å². The molecule has 2 atom stereocenters. The number of ether oxygens (including phenoxy) is 3. The average Bonchev–Trinajstić information content (AvgIpc) is 3.31. The Balaban J connectivity index is 1.56. The molecule has 4 rings (SSSR count). The van der Waals surface area contributed by atoms with E-state index in [0.717, 1.165) is 6.42 Å². The van der Waals surface area contributed by atoms with E-state index in [1.807, 2.05) is 13.8 Å². The van der Waals surface area contributed by atoms with Crippen LogP contribution in [0.25, 0.3) is 0 Å². The van der Waals surface area contributed by atoms with Gasteiger partial charge in [0.05, 0.1) is 20.8 Å². The molecule has 2 fully saturated rings. The second-order valence-corrected chi connectivity index (χ2v) is 9.52. The van der Waals surface area contributed by atoms with Crippen LogP contribution in [0.15, 0.2) is 48.5 Å². The van der Waals surface area contributed by atoms with E-state index < -0.39 is 11.8 Å². The number of nitrogens with zero attached hydrogens (tertiary/aromatic N) is 2. The maximum absolute atomic E-state index is 13.8. The first-order chi connectivity index (χ1) is 17.8. The Bertz CT molecular complexity index is 1110. The Morgan fingerprint density at radius 1 is 0.946 bits per heavy atom. The maximum Gasteiger partial charge on any atom is 0.256 e. The molecule has 198 valence electrons. The summed E-state index contributed by atoms with van der Waals surface area (Å²) in [4.78, 5) is 43.5. The van der Waals surface area contributed by atoms with Gasteiger partial charge >= 0.3 is 0 Å². The van der Waals surface area contributed by atoms with Crippen LogP contribution in [0.4, 0.5) is 0 Å². The van der Waals surface area contributed by atoms with Crippen molar-refractivity contribution in [2.24, 2.45) is 0 Å². The van der Waals surface area contributed by atoms with Gasteiger partial charge in [0.2, 0.25) is 5.91 Å². The first kappa shape index (κ1) is 26.5. The topological polar surface area (TPSA) is 97.4 Å². The summed E-state index contributed by atoms with van der Waals surface area (Å²) in [5.41, 5.74) is 0.0512. The van der Waals surface area contributed by atoms with Crippen molar-refractivity contribution in [1.29, 1.82) is 0 Å². The number of hydrogen-bond donors (Lipinski definition) is 1. The fraction of sp³-hybridized carbons (Fsp3) is 0.464. The number of nitrogens with one attached hydrogen (secondary N) is 1. The highest BCUT2D eigenvalue weighted by molar-refractivity contribution is 5.99. The molecular formula is C28H35N3O6. The largest absolute Gasteiger partial charge is 0.497 e. The summed E-state index contributed by atoms with van der Waals surface area (Å²) in [7, 11) is 3.15. The number of methoxy groups -OCH3 is 2. The van der Waals surface area contributed by atoms with E-state index in [1.54, 1.807) is 72.6 Å². The molecule has 9 heteroatoms. The molecule has 2 aliphatic rings. The fourth-order valence-corrected chi connectivity index (χ4v) is 4.86. The number of likely N-dealkylation sites (tertiary alicyclic amines) is 1.